The summed E-state index contributed by atoms with van der Waals surface area (Å²) in [6.45, 7) is 3.60. The van der Waals surface area contributed by atoms with Crippen LogP contribution in [-0.2, 0) is 14.3 Å². The van der Waals surface area contributed by atoms with Crippen LogP contribution in [0.2, 0.25) is 0 Å². The molecule has 29 heavy (non-hydrogen) atoms. The van der Waals surface area contributed by atoms with Crippen LogP contribution in [0.1, 0.15) is 31.0 Å². The zero-order valence-electron chi connectivity index (χ0n) is 16.3. The molecule has 0 aliphatic carbocycles. The summed E-state index contributed by atoms with van der Waals surface area (Å²) >= 11 is 0. The number of hydrogen-bond acceptors (Lipinski definition) is 5. The number of hydrogen-bond donors (Lipinski definition) is 0. The van der Waals surface area contributed by atoms with Gasteiger partial charge in [-0.15, -0.1) is 0 Å². The van der Waals surface area contributed by atoms with Gasteiger partial charge in [0.1, 0.15) is 0 Å². The molecule has 0 fully saturated rings. The Morgan fingerprint density at radius 1 is 1.14 bits per heavy atom. The molecule has 1 atom stereocenters. The maximum atomic E-state index is 13.2. The molecule has 148 valence electrons. The molecule has 0 aromatic heterocycles. The van der Waals surface area contributed by atoms with Crippen LogP contribution in [0.4, 0.5) is 5.69 Å². The minimum atomic E-state index is -0.605. The molecule has 7 heteroatoms. The summed E-state index contributed by atoms with van der Waals surface area (Å²) in [4.78, 5) is 37.6. The summed E-state index contributed by atoms with van der Waals surface area (Å²) in [5.74, 6) is -0.927. The summed E-state index contributed by atoms with van der Waals surface area (Å²) in [5.41, 5.74) is 2.35. The second-order valence-corrected chi connectivity index (χ2v) is 6.62. The van der Waals surface area contributed by atoms with E-state index in [1.807, 2.05) is 37.3 Å². The number of esters is 1. The molecule has 0 bridgehead atoms. The third-order valence-electron chi connectivity index (χ3n) is 4.92. The minimum absolute atomic E-state index is 0.0517. The maximum Gasteiger partial charge on any atom is 0.340 e. The monoisotopic (exact) mass is 392 g/mol. The number of non-ortho nitro benzene ring substituents is 1. The van der Waals surface area contributed by atoms with Gasteiger partial charge in [0.15, 0.2) is 0 Å². The lowest BCUT2D eigenvalue weighted by Gasteiger charge is -2.26. The Morgan fingerprint density at radius 2 is 1.76 bits per heavy atom. The summed E-state index contributed by atoms with van der Waals surface area (Å²) in [5, 5.41) is 10.8. The zero-order chi connectivity index (χ0) is 21.1. The number of carbonyl (C=O) groups excluding carboxylic acids is 2. The van der Waals surface area contributed by atoms with Crippen molar-refractivity contribution in [3.63, 3.8) is 0 Å². The topological polar surface area (TPSA) is 89.8 Å². The number of rotatable bonds is 5. The highest BCUT2D eigenvalue weighted by atomic mass is 16.6. The van der Waals surface area contributed by atoms with Gasteiger partial charge in [-0.25, -0.2) is 4.79 Å². The fourth-order valence-electron chi connectivity index (χ4n) is 3.40. The van der Waals surface area contributed by atoms with Crippen molar-refractivity contribution >= 4 is 23.6 Å². The number of carbonyl (C=O) groups is 2. The van der Waals surface area contributed by atoms with Crippen molar-refractivity contribution in [3.05, 3.63) is 92.7 Å². The molecule has 0 N–H and O–H groups in total. The molecule has 7 nitrogen and oxygen atoms in total. The first kappa shape index (κ1) is 20.0. The number of methoxy groups -OCH3 is 1. The normalized spacial score (nSPS) is 16.3. The van der Waals surface area contributed by atoms with Gasteiger partial charge in [0.25, 0.3) is 11.6 Å². The number of nitro benzene ring substituents is 1. The highest BCUT2D eigenvalue weighted by molar-refractivity contribution is 6.16. The van der Waals surface area contributed by atoms with Crippen molar-refractivity contribution in [1.82, 2.24) is 4.90 Å². The smallest absolute Gasteiger partial charge is 0.340 e. The largest absolute Gasteiger partial charge is 0.465 e. The maximum absolute atomic E-state index is 13.2. The summed E-state index contributed by atoms with van der Waals surface area (Å²) < 4.78 is 4.90. The van der Waals surface area contributed by atoms with Crippen LogP contribution in [0.25, 0.3) is 6.08 Å². The molecule has 1 amide bonds. The third kappa shape index (κ3) is 3.80. The molecule has 2 aromatic rings. The van der Waals surface area contributed by atoms with Gasteiger partial charge < -0.3 is 9.64 Å². The summed E-state index contributed by atoms with van der Waals surface area (Å²) in [6, 6.07) is 15.0. The Kier molecular flexibility index (Phi) is 5.59. The molecular weight excluding hydrogens is 372 g/mol. The van der Waals surface area contributed by atoms with Gasteiger partial charge in [-0.3, -0.25) is 14.9 Å². The molecule has 0 saturated carbocycles. The highest BCUT2D eigenvalue weighted by Gasteiger charge is 2.39. The Labute approximate surface area is 168 Å². The van der Waals surface area contributed by atoms with Gasteiger partial charge in [0, 0.05) is 17.8 Å². The number of amides is 1. The molecule has 0 radical (unpaired) electrons. The van der Waals surface area contributed by atoms with Crippen LogP contribution < -0.4 is 0 Å². The minimum Gasteiger partial charge on any atom is -0.465 e. The molecule has 1 heterocycles. The van der Waals surface area contributed by atoms with Crippen LogP contribution in [-0.4, -0.2) is 28.8 Å². The first-order chi connectivity index (χ1) is 13.8. The van der Waals surface area contributed by atoms with E-state index < -0.39 is 10.9 Å². The number of nitrogens with zero attached hydrogens (tertiary/aromatic N) is 2. The van der Waals surface area contributed by atoms with E-state index in [1.165, 1.54) is 31.4 Å². The third-order valence-corrected chi connectivity index (χ3v) is 4.92. The highest BCUT2D eigenvalue weighted by Crippen LogP contribution is 2.37. The van der Waals surface area contributed by atoms with Gasteiger partial charge >= 0.3 is 5.97 Å². The molecule has 0 unspecified atom stereocenters. The van der Waals surface area contributed by atoms with E-state index >= 15 is 0 Å². The van der Waals surface area contributed by atoms with Crippen LogP contribution in [0.15, 0.2) is 71.4 Å². The van der Waals surface area contributed by atoms with Gasteiger partial charge in [0.05, 0.1) is 29.2 Å². The predicted molar refractivity (Wildman–Crippen MR) is 107 cm³/mol. The van der Waals surface area contributed by atoms with E-state index in [1.54, 1.807) is 17.9 Å². The zero-order valence-corrected chi connectivity index (χ0v) is 16.3. The molecule has 0 spiro atoms. The number of benzene rings is 2. The molecular formula is C22H20N2O5. The van der Waals surface area contributed by atoms with Crippen LogP contribution in [0.5, 0.6) is 0 Å². The quantitative estimate of drug-likeness (QED) is 0.332. The van der Waals surface area contributed by atoms with Gasteiger partial charge in [-0.2, -0.15) is 0 Å². The van der Waals surface area contributed by atoms with Crippen LogP contribution >= 0.6 is 0 Å². The lowest BCUT2D eigenvalue weighted by molar-refractivity contribution is -0.384. The summed E-state index contributed by atoms with van der Waals surface area (Å²) in [6.07, 6.45) is 1.56. The van der Waals surface area contributed by atoms with Gasteiger partial charge in [-0.05, 0) is 43.2 Å². The Hall–Kier alpha value is -3.74. The SMILES string of the molecule is COC(=O)C1=C(C)N([C@H](C)c2ccccc2)C(=O)/C1=C\c1ccc([N+](=O)[O-])cc1. The van der Waals surface area contributed by atoms with Crippen molar-refractivity contribution in [1.29, 1.82) is 0 Å². The average molecular weight is 392 g/mol. The fourth-order valence-corrected chi connectivity index (χ4v) is 3.40. The van der Waals surface area contributed by atoms with Crippen molar-refractivity contribution in [2.24, 2.45) is 0 Å². The Bertz CT molecular complexity index is 1020. The second-order valence-electron chi connectivity index (χ2n) is 6.62. The van der Waals surface area contributed by atoms with E-state index in [4.69, 9.17) is 4.74 Å². The summed E-state index contributed by atoms with van der Waals surface area (Å²) in [7, 11) is 1.26. The van der Waals surface area contributed by atoms with Gasteiger partial charge in [-0.1, -0.05) is 30.3 Å². The first-order valence-electron chi connectivity index (χ1n) is 8.99. The van der Waals surface area contributed by atoms with Crippen molar-refractivity contribution in [2.75, 3.05) is 7.11 Å². The van der Waals surface area contributed by atoms with E-state index in [0.717, 1.165) is 5.56 Å². The van der Waals surface area contributed by atoms with Crippen molar-refractivity contribution in [2.45, 2.75) is 19.9 Å². The molecule has 1 aliphatic rings. The van der Waals surface area contributed by atoms with Crippen molar-refractivity contribution in [3.8, 4) is 0 Å². The van der Waals surface area contributed by atoms with Gasteiger partial charge in [0.2, 0.25) is 0 Å². The lowest BCUT2D eigenvalue weighted by atomic mass is 10.0. The average Bonchev–Trinajstić information content (AvgIpc) is 2.97. The second kappa shape index (κ2) is 8.10. The number of ether oxygens (including phenoxy) is 1. The number of nitro groups is 1. The predicted octanol–water partition coefficient (Wildman–Crippen LogP) is 4.03. The van der Waals surface area contributed by atoms with Crippen molar-refractivity contribution < 1.29 is 19.2 Å². The van der Waals surface area contributed by atoms with E-state index in [9.17, 15) is 19.7 Å². The number of allylic oxidation sites excluding steroid dienone is 1. The molecule has 0 saturated heterocycles. The molecule has 3 rings (SSSR count). The Balaban J connectivity index is 2.05. The fraction of sp³-hybridized carbons (Fsp3) is 0.182. The lowest BCUT2D eigenvalue weighted by Crippen LogP contribution is -2.28. The van der Waals surface area contributed by atoms with Crippen LogP contribution in [0, 0.1) is 10.1 Å². The van der Waals surface area contributed by atoms with E-state index in [2.05, 4.69) is 0 Å². The molecule has 2 aromatic carbocycles. The molecule has 1 aliphatic heterocycles. The Morgan fingerprint density at radius 3 is 2.31 bits per heavy atom. The van der Waals surface area contributed by atoms with E-state index in [0.29, 0.717) is 11.3 Å². The van der Waals surface area contributed by atoms with E-state index in [-0.39, 0.29) is 28.8 Å². The standard InChI is InChI=1S/C22H20N2O5/c1-14(17-7-5-4-6-8-17)23-15(2)20(22(26)29-3)19(21(23)25)13-16-9-11-18(12-10-16)24(27)28/h4-14H,1-3H3/b19-13-/t14-/m1/s1. The van der Waals surface area contributed by atoms with Crippen LogP contribution in [0.3, 0.4) is 0 Å². The first-order valence-corrected chi connectivity index (χ1v) is 8.99.